The molecule has 0 amide bonds. The Bertz CT molecular complexity index is 28.0. The molecule has 3 heteroatoms. The quantitative estimate of drug-likeness (QED) is 0.356. The molecule has 0 aliphatic rings. The second kappa shape index (κ2) is 3.84. The van der Waals surface area contributed by atoms with Crippen LogP contribution in [0.3, 0.4) is 0 Å². The van der Waals surface area contributed by atoms with Crippen molar-refractivity contribution < 1.29 is 0 Å². The largest absolute Gasteiger partial charge is 0.308 e. The molecule has 1 nitrogen and oxygen atoms in total. The van der Waals surface area contributed by atoms with Gasteiger partial charge in [-0.3, -0.25) is 0 Å². The average molecular weight is 123 g/mol. The minimum Gasteiger partial charge on any atom is -0.308 e. The van der Waals surface area contributed by atoms with Gasteiger partial charge in [0.05, 0.1) is 5.37 Å². The topological polar surface area (TPSA) is 12.0 Å². The number of nitrogens with one attached hydrogen (secondary N) is 1. The zero-order chi connectivity index (χ0) is 4.99. The summed E-state index contributed by atoms with van der Waals surface area (Å²) in [7, 11) is 1.86. The molecule has 0 fully saturated rings. The molecule has 1 atom stereocenters. The van der Waals surface area contributed by atoms with E-state index in [9.17, 15) is 0 Å². The third-order valence-electron chi connectivity index (χ3n) is 0.506. The number of hydrogen-bond acceptors (Lipinski definition) is 3. The van der Waals surface area contributed by atoms with E-state index in [1.54, 1.807) is 0 Å². The first-order valence-corrected chi connectivity index (χ1v) is 2.92. The van der Waals surface area contributed by atoms with E-state index in [0.717, 1.165) is 5.75 Å². The summed E-state index contributed by atoms with van der Waals surface area (Å²) >= 11 is 8.00. The summed E-state index contributed by atoms with van der Waals surface area (Å²) in [5.74, 6) is 0.777. The SMILES string of the molecule is CNC(S)CS. The number of rotatable bonds is 2. The standard InChI is InChI=1S/C3H9NS2/c1-4-3(6)2-5/h3-6H,2H2,1H3. The summed E-state index contributed by atoms with van der Waals surface area (Å²) in [4.78, 5) is 0. The third-order valence-corrected chi connectivity index (χ3v) is 1.60. The molecule has 6 heavy (non-hydrogen) atoms. The molecule has 0 saturated heterocycles. The van der Waals surface area contributed by atoms with Crippen molar-refractivity contribution in [3.63, 3.8) is 0 Å². The van der Waals surface area contributed by atoms with Crippen LogP contribution >= 0.6 is 25.3 Å². The summed E-state index contributed by atoms with van der Waals surface area (Å²) in [5, 5.41) is 3.15. The van der Waals surface area contributed by atoms with Crippen LogP contribution in [0.15, 0.2) is 0 Å². The van der Waals surface area contributed by atoms with Crippen molar-refractivity contribution in [1.29, 1.82) is 0 Å². The smallest absolute Gasteiger partial charge is 0.0589 e. The van der Waals surface area contributed by atoms with E-state index in [1.807, 2.05) is 7.05 Å². The van der Waals surface area contributed by atoms with Gasteiger partial charge in [-0.2, -0.15) is 25.3 Å². The normalized spacial score (nSPS) is 14.5. The number of thiol groups is 2. The van der Waals surface area contributed by atoms with Crippen LogP contribution < -0.4 is 5.32 Å². The van der Waals surface area contributed by atoms with Gasteiger partial charge in [-0.15, -0.1) is 0 Å². The Hall–Kier alpha value is 0.660. The summed E-state index contributed by atoms with van der Waals surface area (Å²) in [5.41, 5.74) is 0. The molecule has 0 aromatic heterocycles. The first-order valence-electron chi connectivity index (χ1n) is 1.77. The molecule has 38 valence electrons. The fourth-order valence-corrected chi connectivity index (χ4v) is 0.274. The molecule has 0 heterocycles. The molecule has 0 bridgehead atoms. The Morgan fingerprint density at radius 1 is 1.83 bits per heavy atom. The lowest BCUT2D eigenvalue weighted by Crippen LogP contribution is -2.19. The Morgan fingerprint density at radius 2 is 2.33 bits per heavy atom. The monoisotopic (exact) mass is 123 g/mol. The highest BCUT2D eigenvalue weighted by atomic mass is 32.1. The van der Waals surface area contributed by atoms with E-state index in [-0.39, 0.29) is 5.37 Å². The molecular formula is C3H9NS2. The van der Waals surface area contributed by atoms with Crippen LogP contribution in [0.25, 0.3) is 0 Å². The molecule has 0 saturated carbocycles. The van der Waals surface area contributed by atoms with Crippen LogP contribution in [0.5, 0.6) is 0 Å². The predicted octanol–water partition coefficient (Wildman–Crippen LogP) is 0.391. The maximum atomic E-state index is 4.04. The second-order valence-corrected chi connectivity index (χ2v) is 1.98. The summed E-state index contributed by atoms with van der Waals surface area (Å²) < 4.78 is 0. The zero-order valence-corrected chi connectivity index (χ0v) is 5.47. The van der Waals surface area contributed by atoms with Crippen molar-refractivity contribution in [2.24, 2.45) is 0 Å². The highest BCUT2D eigenvalue weighted by Crippen LogP contribution is 1.88. The lowest BCUT2D eigenvalue weighted by atomic mass is 10.7. The van der Waals surface area contributed by atoms with E-state index in [2.05, 4.69) is 30.6 Å². The molecule has 1 unspecified atom stereocenters. The van der Waals surface area contributed by atoms with Gasteiger partial charge in [0.25, 0.3) is 0 Å². The predicted molar refractivity (Wildman–Crippen MR) is 35.7 cm³/mol. The number of hydrogen-bond donors (Lipinski definition) is 3. The van der Waals surface area contributed by atoms with Crippen molar-refractivity contribution in [3.05, 3.63) is 0 Å². The van der Waals surface area contributed by atoms with E-state index in [4.69, 9.17) is 0 Å². The molecular weight excluding hydrogens is 114 g/mol. The Kier molecular flexibility index (Phi) is 4.26. The van der Waals surface area contributed by atoms with E-state index < -0.39 is 0 Å². The highest BCUT2D eigenvalue weighted by Gasteiger charge is 1.88. The van der Waals surface area contributed by atoms with Crippen molar-refractivity contribution in [1.82, 2.24) is 5.32 Å². The van der Waals surface area contributed by atoms with Crippen LogP contribution in [0, 0.1) is 0 Å². The van der Waals surface area contributed by atoms with Gasteiger partial charge >= 0.3 is 0 Å². The van der Waals surface area contributed by atoms with Crippen LogP contribution in [0.2, 0.25) is 0 Å². The van der Waals surface area contributed by atoms with Crippen LogP contribution in [-0.2, 0) is 0 Å². The van der Waals surface area contributed by atoms with Gasteiger partial charge in [0.2, 0.25) is 0 Å². The van der Waals surface area contributed by atoms with Crippen LogP contribution in [0.1, 0.15) is 0 Å². The first kappa shape index (κ1) is 6.66. The maximum Gasteiger partial charge on any atom is 0.0589 e. The van der Waals surface area contributed by atoms with Crippen molar-refractivity contribution in [3.8, 4) is 0 Å². The van der Waals surface area contributed by atoms with Crippen LogP contribution in [-0.4, -0.2) is 18.2 Å². The van der Waals surface area contributed by atoms with Crippen molar-refractivity contribution in [2.75, 3.05) is 12.8 Å². The van der Waals surface area contributed by atoms with Gasteiger partial charge < -0.3 is 5.32 Å². The van der Waals surface area contributed by atoms with E-state index >= 15 is 0 Å². The summed E-state index contributed by atoms with van der Waals surface area (Å²) in [6, 6.07) is 0. The van der Waals surface area contributed by atoms with Gasteiger partial charge in [0, 0.05) is 5.75 Å². The van der Waals surface area contributed by atoms with Crippen LogP contribution in [0.4, 0.5) is 0 Å². The average Bonchev–Trinajstić information content (AvgIpc) is 1.65. The fraction of sp³-hybridized carbons (Fsp3) is 1.00. The lowest BCUT2D eigenvalue weighted by molar-refractivity contribution is 0.823. The Balaban J connectivity index is 2.75. The summed E-state index contributed by atoms with van der Waals surface area (Å²) in [6.07, 6.45) is 0. The molecule has 0 rings (SSSR count). The molecule has 0 radical (unpaired) electrons. The second-order valence-electron chi connectivity index (χ2n) is 0.987. The van der Waals surface area contributed by atoms with E-state index in [1.165, 1.54) is 0 Å². The highest BCUT2D eigenvalue weighted by molar-refractivity contribution is 7.84. The fourth-order valence-electron chi connectivity index (χ4n) is 0.0913. The van der Waals surface area contributed by atoms with Gasteiger partial charge in [0.15, 0.2) is 0 Å². The van der Waals surface area contributed by atoms with Gasteiger partial charge in [-0.1, -0.05) is 0 Å². The summed E-state index contributed by atoms with van der Waals surface area (Å²) in [6.45, 7) is 0. The van der Waals surface area contributed by atoms with Gasteiger partial charge in [-0.05, 0) is 7.05 Å². The van der Waals surface area contributed by atoms with Crippen molar-refractivity contribution >= 4 is 25.3 Å². The molecule has 0 aromatic rings. The third kappa shape index (κ3) is 2.87. The molecule has 0 aliphatic carbocycles. The minimum absolute atomic E-state index is 0.244. The Labute approximate surface area is 49.3 Å². The molecule has 1 N–H and O–H groups in total. The molecule has 0 aromatic carbocycles. The minimum atomic E-state index is 0.244. The van der Waals surface area contributed by atoms with Crippen molar-refractivity contribution in [2.45, 2.75) is 5.37 Å². The van der Waals surface area contributed by atoms with Gasteiger partial charge in [-0.25, -0.2) is 0 Å². The molecule has 0 spiro atoms. The molecule has 0 aliphatic heterocycles. The lowest BCUT2D eigenvalue weighted by Gasteiger charge is -2.00. The van der Waals surface area contributed by atoms with Gasteiger partial charge in [0.1, 0.15) is 0 Å². The Morgan fingerprint density at radius 3 is 2.33 bits per heavy atom. The van der Waals surface area contributed by atoms with E-state index in [0.29, 0.717) is 0 Å². The maximum absolute atomic E-state index is 4.04. The zero-order valence-electron chi connectivity index (χ0n) is 3.68. The first-order chi connectivity index (χ1) is 2.81.